The monoisotopic (exact) mass is 334 g/mol. The summed E-state index contributed by atoms with van der Waals surface area (Å²) in [6, 6.07) is 8.17. The van der Waals surface area contributed by atoms with Crippen LogP contribution in [0.3, 0.4) is 0 Å². The zero-order chi connectivity index (χ0) is 16.4. The van der Waals surface area contributed by atoms with E-state index in [1.807, 2.05) is 17.0 Å². The van der Waals surface area contributed by atoms with E-state index in [9.17, 15) is 4.79 Å². The third-order valence-electron chi connectivity index (χ3n) is 5.40. The molecule has 1 aromatic carbocycles. The molecule has 5 rings (SSSR count). The number of carbonyl (C=O) groups is 1. The van der Waals surface area contributed by atoms with Gasteiger partial charge in [0.1, 0.15) is 0 Å². The summed E-state index contributed by atoms with van der Waals surface area (Å²) in [5.41, 5.74) is 0.808. The Balaban J connectivity index is 0.000000267. The number of rotatable bonds is 1. The highest BCUT2D eigenvalue weighted by atomic mass is 35.5. The van der Waals surface area contributed by atoms with Crippen molar-refractivity contribution in [2.75, 3.05) is 5.32 Å². The highest BCUT2D eigenvalue weighted by molar-refractivity contribution is 6.30. The topological polar surface area (TPSA) is 32.3 Å². The normalized spacial score (nSPS) is 28.8. The molecule has 4 heteroatoms. The largest absolute Gasteiger partial charge is 0.322 e. The molecule has 2 unspecified atom stereocenters. The van der Waals surface area contributed by atoms with Crippen molar-refractivity contribution in [3.8, 4) is 0 Å². The second-order valence-electron chi connectivity index (χ2n) is 7.50. The van der Waals surface area contributed by atoms with Crippen molar-refractivity contribution < 1.29 is 4.79 Å². The van der Waals surface area contributed by atoms with Crippen LogP contribution in [0.4, 0.5) is 10.5 Å². The molecule has 0 radical (unpaired) electrons. The van der Waals surface area contributed by atoms with Gasteiger partial charge in [0.25, 0.3) is 0 Å². The molecule has 3 nitrogen and oxygen atoms in total. The zero-order valence-electron chi connectivity index (χ0n) is 14.1. The van der Waals surface area contributed by atoms with Crippen molar-refractivity contribution in [3.05, 3.63) is 29.3 Å². The number of benzene rings is 1. The lowest BCUT2D eigenvalue weighted by molar-refractivity contribution is -0.00600. The number of hydrogen-bond acceptors (Lipinski definition) is 1. The molecule has 1 aromatic rings. The molecule has 2 bridgehead atoms. The number of urea groups is 1. The van der Waals surface area contributed by atoms with Crippen LogP contribution in [-0.2, 0) is 0 Å². The third kappa shape index (κ3) is 4.00. The van der Waals surface area contributed by atoms with E-state index in [0.717, 1.165) is 30.4 Å². The molecule has 0 aromatic heterocycles. The van der Waals surface area contributed by atoms with E-state index in [1.54, 1.807) is 12.1 Å². The van der Waals surface area contributed by atoms with Crippen LogP contribution in [0, 0.1) is 11.8 Å². The van der Waals surface area contributed by atoms with Gasteiger partial charge in [0.2, 0.25) is 0 Å². The summed E-state index contributed by atoms with van der Waals surface area (Å²) in [5.74, 6) is 1.82. The molecule has 1 N–H and O–H groups in total. The Morgan fingerprint density at radius 3 is 2.09 bits per heavy atom. The quantitative estimate of drug-likeness (QED) is 0.717. The Morgan fingerprint density at radius 2 is 1.61 bits per heavy atom. The van der Waals surface area contributed by atoms with E-state index in [1.165, 1.54) is 25.7 Å². The Labute approximate surface area is 144 Å². The van der Waals surface area contributed by atoms with E-state index in [2.05, 4.69) is 19.2 Å². The number of anilines is 1. The average molecular weight is 335 g/mol. The lowest BCUT2D eigenvalue weighted by atomic mass is 9.74. The molecule has 2 atom stereocenters. The van der Waals surface area contributed by atoms with Crippen molar-refractivity contribution in [2.45, 2.75) is 64.5 Å². The molecule has 4 aliphatic rings. The first kappa shape index (κ1) is 16.6. The first-order chi connectivity index (χ1) is 11.0. The van der Waals surface area contributed by atoms with Gasteiger partial charge in [-0.2, -0.15) is 0 Å². The fourth-order valence-electron chi connectivity index (χ4n) is 3.81. The molecule has 4 fully saturated rings. The van der Waals surface area contributed by atoms with E-state index in [-0.39, 0.29) is 6.03 Å². The minimum atomic E-state index is 0.0328. The number of amides is 2. The highest BCUT2D eigenvalue weighted by Gasteiger charge is 2.46. The van der Waals surface area contributed by atoms with Gasteiger partial charge in [-0.3, -0.25) is 0 Å². The highest BCUT2D eigenvalue weighted by Crippen LogP contribution is 2.41. The summed E-state index contributed by atoms with van der Waals surface area (Å²) in [7, 11) is 0. The van der Waals surface area contributed by atoms with Gasteiger partial charge in [0.15, 0.2) is 0 Å². The number of fused-ring (bicyclic) bond motifs is 2. The minimum absolute atomic E-state index is 0.0328. The molecule has 126 valence electrons. The minimum Gasteiger partial charge on any atom is -0.318 e. The van der Waals surface area contributed by atoms with Crippen molar-refractivity contribution in [2.24, 2.45) is 11.8 Å². The third-order valence-corrected chi connectivity index (χ3v) is 5.66. The first-order valence-corrected chi connectivity index (χ1v) is 9.25. The average Bonchev–Trinajstić information content (AvgIpc) is 2.47. The molecular weight excluding hydrogens is 308 g/mol. The van der Waals surface area contributed by atoms with Crippen LogP contribution in [0.5, 0.6) is 0 Å². The summed E-state index contributed by atoms with van der Waals surface area (Å²) >= 11 is 5.82. The maximum Gasteiger partial charge on any atom is 0.322 e. The molecule has 2 saturated carbocycles. The van der Waals surface area contributed by atoms with Gasteiger partial charge in [-0.05, 0) is 55.4 Å². The number of carbonyl (C=O) groups excluding carboxylic acids is 1. The molecule has 2 saturated heterocycles. The van der Waals surface area contributed by atoms with Gasteiger partial charge in [0, 0.05) is 22.8 Å². The van der Waals surface area contributed by atoms with Crippen LogP contribution >= 0.6 is 11.6 Å². The van der Waals surface area contributed by atoms with Crippen LogP contribution in [0.2, 0.25) is 5.02 Å². The summed E-state index contributed by atoms with van der Waals surface area (Å²) in [6.45, 7) is 4.58. The van der Waals surface area contributed by atoms with Crippen molar-refractivity contribution in [1.29, 1.82) is 0 Å². The molecule has 2 aliphatic carbocycles. The maximum absolute atomic E-state index is 12.2. The molecule has 2 aliphatic heterocycles. The van der Waals surface area contributed by atoms with Crippen LogP contribution in [0.25, 0.3) is 0 Å². The van der Waals surface area contributed by atoms with Crippen molar-refractivity contribution in [1.82, 2.24) is 4.90 Å². The Hall–Kier alpha value is -1.22. The van der Waals surface area contributed by atoms with E-state index in [4.69, 9.17) is 11.6 Å². The van der Waals surface area contributed by atoms with Crippen LogP contribution in [-0.4, -0.2) is 23.0 Å². The SMILES string of the molecule is CC1CC2CC(C1)N2C(=O)Nc1ccc(Cl)cc1.CC1CCC1. The van der Waals surface area contributed by atoms with Crippen LogP contribution in [0.1, 0.15) is 52.4 Å². The lowest BCUT2D eigenvalue weighted by Crippen LogP contribution is -2.63. The van der Waals surface area contributed by atoms with Gasteiger partial charge in [-0.15, -0.1) is 0 Å². The molecule has 0 spiro atoms. The van der Waals surface area contributed by atoms with Gasteiger partial charge >= 0.3 is 6.03 Å². The number of hydrogen-bond donors (Lipinski definition) is 1. The number of nitrogens with one attached hydrogen (secondary N) is 1. The van der Waals surface area contributed by atoms with Crippen LogP contribution in [0.15, 0.2) is 24.3 Å². The summed E-state index contributed by atoms with van der Waals surface area (Å²) in [6.07, 6.45) is 7.93. The van der Waals surface area contributed by atoms with Gasteiger partial charge in [-0.25, -0.2) is 4.79 Å². The van der Waals surface area contributed by atoms with Gasteiger partial charge < -0.3 is 10.2 Å². The molecule has 23 heavy (non-hydrogen) atoms. The lowest BCUT2D eigenvalue weighted by Gasteiger charge is -2.54. The summed E-state index contributed by atoms with van der Waals surface area (Å²) < 4.78 is 0. The first-order valence-electron chi connectivity index (χ1n) is 8.88. The Bertz CT molecular complexity index is 529. The molecule has 2 amide bonds. The summed E-state index contributed by atoms with van der Waals surface area (Å²) in [5, 5.41) is 3.63. The fourth-order valence-corrected chi connectivity index (χ4v) is 3.94. The number of piperidine rings is 1. The summed E-state index contributed by atoms with van der Waals surface area (Å²) in [4.78, 5) is 14.2. The Kier molecular flexibility index (Phi) is 5.15. The predicted octanol–water partition coefficient (Wildman–Crippen LogP) is 5.55. The predicted molar refractivity (Wildman–Crippen MR) is 95.9 cm³/mol. The smallest absolute Gasteiger partial charge is 0.318 e. The van der Waals surface area contributed by atoms with E-state index in [0.29, 0.717) is 17.1 Å². The second kappa shape index (κ2) is 7.12. The van der Waals surface area contributed by atoms with Crippen molar-refractivity contribution in [3.63, 3.8) is 0 Å². The Morgan fingerprint density at radius 1 is 1.04 bits per heavy atom. The van der Waals surface area contributed by atoms with Crippen molar-refractivity contribution >= 4 is 23.3 Å². The number of nitrogens with zero attached hydrogens (tertiary/aromatic N) is 1. The van der Waals surface area contributed by atoms with E-state index < -0.39 is 0 Å². The van der Waals surface area contributed by atoms with Gasteiger partial charge in [0.05, 0.1) is 0 Å². The number of halogens is 1. The molecular formula is C19H27ClN2O. The van der Waals surface area contributed by atoms with Crippen LogP contribution < -0.4 is 5.32 Å². The second-order valence-corrected chi connectivity index (χ2v) is 7.94. The zero-order valence-corrected chi connectivity index (χ0v) is 14.9. The van der Waals surface area contributed by atoms with Gasteiger partial charge in [-0.1, -0.05) is 44.7 Å². The fraction of sp³-hybridized carbons (Fsp3) is 0.632. The van der Waals surface area contributed by atoms with E-state index >= 15 is 0 Å². The molecule has 2 heterocycles. The maximum atomic E-state index is 12.2. The standard InChI is InChI=1S/C14H17ClN2O.C5H10/c1-9-6-12-8-13(7-9)17(12)14(18)16-11-4-2-10(15)3-5-11;1-5-3-2-4-5/h2-5,9,12-13H,6-8H2,1H3,(H,16,18);5H,2-4H2,1H3.